The van der Waals surface area contributed by atoms with Crippen molar-refractivity contribution in [3.8, 4) is 0 Å². The number of ether oxygens (including phenoxy) is 2. The highest BCUT2D eigenvalue weighted by Gasteiger charge is 2.20. The van der Waals surface area contributed by atoms with Gasteiger partial charge in [-0.1, -0.05) is 0 Å². The summed E-state index contributed by atoms with van der Waals surface area (Å²) in [4.78, 5) is 22.9. The van der Waals surface area contributed by atoms with Crippen LogP contribution < -0.4 is 15.5 Å². The molecule has 0 aliphatic carbocycles. The summed E-state index contributed by atoms with van der Waals surface area (Å²) in [6, 6.07) is 6.92. The zero-order valence-electron chi connectivity index (χ0n) is 17.0. The van der Waals surface area contributed by atoms with Crippen molar-refractivity contribution < 1.29 is 18.7 Å². The van der Waals surface area contributed by atoms with Crippen molar-refractivity contribution in [2.24, 2.45) is 0 Å². The van der Waals surface area contributed by atoms with Crippen LogP contribution in [-0.4, -0.2) is 56.0 Å². The zero-order valence-corrected chi connectivity index (χ0v) is 17.0. The van der Waals surface area contributed by atoms with Gasteiger partial charge in [-0.3, -0.25) is 0 Å². The fraction of sp³-hybridized carbons (Fsp3) is 0.450. The second-order valence-electron chi connectivity index (χ2n) is 6.48. The van der Waals surface area contributed by atoms with Gasteiger partial charge in [-0.15, -0.1) is 0 Å². The predicted molar refractivity (Wildman–Crippen MR) is 110 cm³/mol. The van der Waals surface area contributed by atoms with E-state index in [9.17, 15) is 9.18 Å². The number of hydrogen-bond acceptors (Lipinski definition) is 6. The van der Waals surface area contributed by atoms with Crippen molar-refractivity contribution in [1.82, 2.24) is 15.3 Å². The van der Waals surface area contributed by atoms with Crippen molar-refractivity contribution in [3.05, 3.63) is 42.3 Å². The molecule has 1 heterocycles. The average Bonchev–Trinajstić information content (AvgIpc) is 2.70. The Bertz CT molecular complexity index is 760. The van der Waals surface area contributed by atoms with Gasteiger partial charge in [-0.2, -0.15) is 4.98 Å². The summed E-state index contributed by atoms with van der Waals surface area (Å²) in [7, 11) is 3.26. The minimum absolute atomic E-state index is 0.0101. The minimum Gasteiger partial charge on any atom is -0.385 e. The summed E-state index contributed by atoms with van der Waals surface area (Å²) in [6.07, 6.45) is 3.18. The molecule has 0 saturated heterocycles. The second-order valence-corrected chi connectivity index (χ2v) is 6.48. The number of halogens is 1. The number of benzene rings is 1. The summed E-state index contributed by atoms with van der Waals surface area (Å²) >= 11 is 0. The molecule has 0 fully saturated rings. The maximum atomic E-state index is 13.4. The first-order valence-corrected chi connectivity index (χ1v) is 9.46. The number of unbranched alkanes of at least 4 members (excludes halogenated alkanes) is 1. The highest BCUT2D eigenvalue weighted by Crippen LogP contribution is 2.24. The molecule has 2 N–H and O–H groups in total. The lowest BCUT2D eigenvalue weighted by Gasteiger charge is -2.23. The van der Waals surface area contributed by atoms with Crippen LogP contribution in [-0.2, 0) is 9.47 Å². The van der Waals surface area contributed by atoms with Crippen molar-refractivity contribution in [2.75, 3.05) is 44.2 Å². The first kappa shape index (κ1) is 22.5. The molecule has 2 amide bonds. The van der Waals surface area contributed by atoms with Gasteiger partial charge < -0.3 is 20.1 Å². The van der Waals surface area contributed by atoms with Gasteiger partial charge in [0.2, 0.25) is 5.95 Å². The van der Waals surface area contributed by atoms with Gasteiger partial charge in [0, 0.05) is 45.7 Å². The van der Waals surface area contributed by atoms with E-state index in [1.165, 1.54) is 29.2 Å². The Morgan fingerprint density at radius 1 is 1.17 bits per heavy atom. The molecule has 1 atom stereocenters. The standard InChI is InChI=1S/C20H28FN5O3/c1-15(14-29-3)24-19-22-12-10-18(25-19)26(17-8-6-16(21)7-9-17)20(27)23-11-4-5-13-28-2/h6-10,12,15H,4-5,11,13-14H2,1-3H3,(H,23,27)(H,22,24,25). The predicted octanol–water partition coefficient (Wildman–Crippen LogP) is 3.34. The van der Waals surface area contributed by atoms with E-state index in [-0.39, 0.29) is 17.9 Å². The normalized spacial score (nSPS) is 11.7. The molecule has 29 heavy (non-hydrogen) atoms. The summed E-state index contributed by atoms with van der Waals surface area (Å²) < 4.78 is 23.5. The van der Waals surface area contributed by atoms with Gasteiger partial charge in [0.1, 0.15) is 11.6 Å². The molecule has 0 bridgehead atoms. The number of methoxy groups -OCH3 is 2. The second kappa shape index (κ2) is 11.9. The van der Waals surface area contributed by atoms with Crippen LogP contribution >= 0.6 is 0 Å². The Morgan fingerprint density at radius 3 is 2.62 bits per heavy atom. The van der Waals surface area contributed by atoms with Crippen LogP contribution in [0.3, 0.4) is 0 Å². The Balaban J connectivity index is 2.20. The number of rotatable bonds is 11. The number of carbonyl (C=O) groups is 1. The molecule has 2 rings (SSSR count). The molecule has 0 saturated carbocycles. The fourth-order valence-electron chi connectivity index (χ4n) is 2.64. The van der Waals surface area contributed by atoms with Gasteiger partial charge in [0.15, 0.2) is 0 Å². The largest absolute Gasteiger partial charge is 0.385 e. The topological polar surface area (TPSA) is 88.6 Å². The first-order chi connectivity index (χ1) is 14.0. The monoisotopic (exact) mass is 405 g/mol. The van der Waals surface area contributed by atoms with Crippen molar-refractivity contribution in [2.45, 2.75) is 25.8 Å². The Kier molecular flexibility index (Phi) is 9.26. The maximum absolute atomic E-state index is 13.4. The number of nitrogens with zero attached hydrogens (tertiary/aromatic N) is 3. The minimum atomic E-state index is -0.382. The molecule has 1 unspecified atom stereocenters. The summed E-state index contributed by atoms with van der Waals surface area (Å²) in [5.74, 6) is 0.354. The van der Waals surface area contributed by atoms with Gasteiger partial charge in [0.25, 0.3) is 0 Å². The first-order valence-electron chi connectivity index (χ1n) is 9.46. The molecule has 1 aromatic carbocycles. The molecule has 0 aliphatic heterocycles. The number of anilines is 3. The smallest absolute Gasteiger partial charge is 0.327 e. The average molecular weight is 405 g/mol. The van der Waals surface area contributed by atoms with E-state index in [0.717, 1.165) is 12.8 Å². The third-order valence-electron chi connectivity index (χ3n) is 4.00. The molecule has 1 aromatic heterocycles. The van der Waals surface area contributed by atoms with E-state index >= 15 is 0 Å². The Labute approximate surface area is 170 Å². The number of amides is 2. The molecule has 8 nitrogen and oxygen atoms in total. The summed E-state index contributed by atoms with van der Waals surface area (Å²) in [6.45, 7) is 3.54. The summed E-state index contributed by atoms with van der Waals surface area (Å²) in [5, 5.41) is 6.00. The van der Waals surface area contributed by atoms with Crippen LogP contribution in [0, 0.1) is 5.82 Å². The SMILES string of the molecule is COCCCCNC(=O)N(c1ccc(F)cc1)c1ccnc(NC(C)COC)n1. The Morgan fingerprint density at radius 2 is 1.93 bits per heavy atom. The third-order valence-corrected chi connectivity index (χ3v) is 4.00. The maximum Gasteiger partial charge on any atom is 0.327 e. The number of hydrogen-bond donors (Lipinski definition) is 2. The summed E-state index contributed by atoms with van der Waals surface area (Å²) in [5.41, 5.74) is 0.496. The number of nitrogens with one attached hydrogen (secondary N) is 2. The van der Waals surface area contributed by atoms with Crippen LogP contribution in [0.15, 0.2) is 36.5 Å². The quantitative estimate of drug-likeness (QED) is 0.558. The van der Waals surface area contributed by atoms with Gasteiger partial charge in [-0.05, 0) is 44.0 Å². The van der Waals surface area contributed by atoms with E-state index in [1.54, 1.807) is 26.5 Å². The van der Waals surface area contributed by atoms with Crippen molar-refractivity contribution in [3.63, 3.8) is 0 Å². The lowest BCUT2D eigenvalue weighted by Crippen LogP contribution is -2.38. The molecular formula is C20H28FN5O3. The van der Waals surface area contributed by atoms with Crippen LogP contribution in [0.25, 0.3) is 0 Å². The zero-order chi connectivity index (χ0) is 21.1. The molecular weight excluding hydrogens is 377 g/mol. The fourth-order valence-corrected chi connectivity index (χ4v) is 2.64. The van der Waals surface area contributed by atoms with Crippen molar-refractivity contribution >= 4 is 23.5 Å². The van der Waals surface area contributed by atoms with E-state index in [0.29, 0.717) is 37.2 Å². The third kappa shape index (κ3) is 7.28. The van der Waals surface area contributed by atoms with E-state index < -0.39 is 0 Å². The van der Waals surface area contributed by atoms with Crippen LogP contribution in [0.4, 0.5) is 26.6 Å². The molecule has 0 radical (unpaired) electrons. The van der Waals surface area contributed by atoms with Gasteiger partial charge in [-0.25, -0.2) is 19.1 Å². The molecule has 158 valence electrons. The van der Waals surface area contributed by atoms with Crippen LogP contribution in [0.2, 0.25) is 0 Å². The number of carbonyl (C=O) groups excluding carboxylic acids is 1. The number of urea groups is 1. The van der Waals surface area contributed by atoms with E-state index in [1.807, 2.05) is 6.92 Å². The van der Waals surface area contributed by atoms with Crippen LogP contribution in [0.5, 0.6) is 0 Å². The Hall–Kier alpha value is -2.78. The van der Waals surface area contributed by atoms with Crippen LogP contribution in [0.1, 0.15) is 19.8 Å². The van der Waals surface area contributed by atoms with Crippen molar-refractivity contribution in [1.29, 1.82) is 0 Å². The molecule has 0 spiro atoms. The molecule has 0 aliphatic rings. The lowest BCUT2D eigenvalue weighted by molar-refractivity contribution is 0.190. The van der Waals surface area contributed by atoms with E-state index in [2.05, 4.69) is 20.6 Å². The lowest BCUT2D eigenvalue weighted by atomic mass is 10.2. The van der Waals surface area contributed by atoms with E-state index in [4.69, 9.17) is 9.47 Å². The van der Waals surface area contributed by atoms with Gasteiger partial charge in [0.05, 0.1) is 12.3 Å². The highest BCUT2D eigenvalue weighted by molar-refractivity contribution is 5.98. The van der Waals surface area contributed by atoms with Gasteiger partial charge >= 0.3 is 6.03 Å². The molecule has 9 heteroatoms. The highest BCUT2D eigenvalue weighted by atomic mass is 19.1. The molecule has 2 aromatic rings. The number of aromatic nitrogens is 2.